The summed E-state index contributed by atoms with van der Waals surface area (Å²) in [6.45, 7) is 5.67. The normalized spacial score (nSPS) is 11.8. The Morgan fingerprint density at radius 3 is 2.58 bits per heavy atom. The van der Waals surface area contributed by atoms with E-state index in [1.807, 2.05) is 13.8 Å². The molecule has 12 heavy (non-hydrogen) atoms. The smallest absolute Gasteiger partial charge is 0.384 e. The maximum absolute atomic E-state index is 10.7. The molecule has 1 atom stereocenters. The number of carbonyl (C=O) groups is 1. The Bertz CT molecular complexity index is 198. The minimum absolute atomic E-state index is 0.0342. The van der Waals surface area contributed by atoms with Crippen LogP contribution in [-0.2, 0) is 9.53 Å². The van der Waals surface area contributed by atoms with Crippen molar-refractivity contribution >= 4 is 5.97 Å². The number of hydrogen-bond donors (Lipinski definition) is 1. The van der Waals surface area contributed by atoms with Crippen LogP contribution < -0.4 is 0 Å². The minimum atomic E-state index is -0.755. The van der Waals surface area contributed by atoms with E-state index in [4.69, 9.17) is 5.11 Å². The largest absolute Gasteiger partial charge is 0.456 e. The summed E-state index contributed by atoms with van der Waals surface area (Å²) in [4.78, 5) is 10.7. The Morgan fingerprint density at radius 2 is 2.17 bits per heavy atom. The molecule has 0 saturated carbocycles. The molecule has 0 aliphatic heterocycles. The van der Waals surface area contributed by atoms with Crippen molar-refractivity contribution in [3.05, 3.63) is 0 Å². The predicted octanol–water partition coefficient (Wildman–Crippen LogP) is 0.570. The van der Waals surface area contributed by atoms with E-state index in [1.54, 1.807) is 6.92 Å². The third kappa shape index (κ3) is 4.75. The van der Waals surface area contributed by atoms with Crippen LogP contribution in [0.25, 0.3) is 0 Å². The Morgan fingerprint density at radius 1 is 1.58 bits per heavy atom. The van der Waals surface area contributed by atoms with E-state index in [0.29, 0.717) is 6.61 Å². The molecule has 0 bridgehead atoms. The number of rotatable bonds is 2. The molecule has 0 spiro atoms. The van der Waals surface area contributed by atoms with E-state index >= 15 is 0 Å². The van der Waals surface area contributed by atoms with Crippen molar-refractivity contribution in [1.82, 2.24) is 0 Å². The highest BCUT2D eigenvalue weighted by Crippen LogP contribution is 1.97. The first-order valence-electron chi connectivity index (χ1n) is 3.94. The molecule has 1 N–H and O–H groups in total. The number of aliphatic hydroxyl groups is 1. The van der Waals surface area contributed by atoms with Crippen molar-refractivity contribution in [2.24, 2.45) is 5.92 Å². The van der Waals surface area contributed by atoms with Gasteiger partial charge in [0.25, 0.3) is 0 Å². The number of ether oxygens (including phenoxy) is 1. The second kappa shape index (κ2) is 5.62. The van der Waals surface area contributed by atoms with Gasteiger partial charge >= 0.3 is 5.97 Å². The van der Waals surface area contributed by atoms with Crippen LogP contribution >= 0.6 is 0 Å². The fraction of sp³-hybridized carbons (Fsp3) is 0.667. The van der Waals surface area contributed by atoms with Crippen LogP contribution in [0.1, 0.15) is 20.8 Å². The standard InChI is InChI=1S/C9H14O3/c1-4-12-9(11)6-5-8(10)7(2)3/h7-8,10H,4H2,1-3H3/t8-/m0/s1. The van der Waals surface area contributed by atoms with E-state index in [0.717, 1.165) is 0 Å². The molecule has 68 valence electrons. The third-order valence-corrected chi connectivity index (χ3v) is 1.23. The first kappa shape index (κ1) is 11.0. The molecule has 0 aliphatic rings. The summed E-state index contributed by atoms with van der Waals surface area (Å²) < 4.78 is 4.55. The summed E-state index contributed by atoms with van der Waals surface area (Å²) in [6.07, 6.45) is -0.755. The molecule has 0 radical (unpaired) electrons. The van der Waals surface area contributed by atoms with E-state index < -0.39 is 12.1 Å². The van der Waals surface area contributed by atoms with Crippen LogP contribution in [-0.4, -0.2) is 23.8 Å². The van der Waals surface area contributed by atoms with E-state index in [-0.39, 0.29) is 5.92 Å². The Balaban J connectivity index is 3.93. The number of esters is 1. The monoisotopic (exact) mass is 170 g/mol. The molecule has 3 nitrogen and oxygen atoms in total. The number of carbonyl (C=O) groups excluding carboxylic acids is 1. The van der Waals surface area contributed by atoms with Gasteiger partial charge in [-0.25, -0.2) is 4.79 Å². The van der Waals surface area contributed by atoms with Gasteiger partial charge in [-0.3, -0.25) is 0 Å². The Labute approximate surface area is 72.7 Å². The molecule has 0 amide bonds. The molecule has 0 fully saturated rings. The SMILES string of the molecule is CCOC(=O)C#C[C@H](O)C(C)C. The average molecular weight is 170 g/mol. The van der Waals surface area contributed by atoms with Crippen LogP contribution in [0.3, 0.4) is 0 Å². The third-order valence-electron chi connectivity index (χ3n) is 1.23. The van der Waals surface area contributed by atoms with E-state index in [9.17, 15) is 4.79 Å². The topological polar surface area (TPSA) is 46.5 Å². The lowest BCUT2D eigenvalue weighted by molar-refractivity contribution is -0.136. The highest BCUT2D eigenvalue weighted by molar-refractivity contribution is 5.88. The van der Waals surface area contributed by atoms with Crippen molar-refractivity contribution in [1.29, 1.82) is 0 Å². The average Bonchev–Trinajstić information content (AvgIpc) is 2.00. The molecule has 0 saturated heterocycles. The molecule has 0 aliphatic carbocycles. The zero-order chi connectivity index (χ0) is 9.56. The number of aliphatic hydroxyl groups excluding tert-OH is 1. The van der Waals surface area contributed by atoms with Gasteiger partial charge in [0.05, 0.1) is 6.61 Å². The summed E-state index contributed by atoms with van der Waals surface area (Å²) >= 11 is 0. The zero-order valence-corrected chi connectivity index (χ0v) is 7.63. The molecule has 0 aromatic heterocycles. The minimum Gasteiger partial charge on any atom is -0.456 e. The summed E-state index contributed by atoms with van der Waals surface area (Å²) in [7, 11) is 0. The van der Waals surface area contributed by atoms with Crippen molar-refractivity contribution in [3.8, 4) is 11.8 Å². The van der Waals surface area contributed by atoms with Gasteiger partial charge in [0.1, 0.15) is 6.10 Å². The number of hydrogen-bond acceptors (Lipinski definition) is 3. The van der Waals surface area contributed by atoms with Crippen molar-refractivity contribution in [3.63, 3.8) is 0 Å². The predicted molar refractivity (Wildman–Crippen MR) is 45.3 cm³/mol. The Kier molecular flexibility index (Phi) is 5.14. The molecule has 0 aromatic rings. The molecular weight excluding hydrogens is 156 g/mol. The van der Waals surface area contributed by atoms with E-state index in [2.05, 4.69) is 16.6 Å². The van der Waals surface area contributed by atoms with Crippen molar-refractivity contribution in [2.75, 3.05) is 6.61 Å². The zero-order valence-electron chi connectivity index (χ0n) is 7.63. The molecule has 0 aromatic carbocycles. The summed E-state index contributed by atoms with van der Waals surface area (Å²) in [5.41, 5.74) is 0. The molecule has 0 unspecified atom stereocenters. The summed E-state index contributed by atoms with van der Waals surface area (Å²) in [5, 5.41) is 9.16. The lowest BCUT2D eigenvalue weighted by Crippen LogP contribution is -2.12. The van der Waals surface area contributed by atoms with Crippen LogP contribution in [0, 0.1) is 17.8 Å². The van der Waals surface area contributed by atoms with Gasteiger partial charge in [-0.1, -0.05) is 19.8 Å². The fourth-order valence-electron chi connectivity index (χ4n) is 0.467. The lowest BCUT2D eigenvalue weighted by Gasteiger charge is -2.04. The van der Waals surface area contributed by atoms with Gasteiger partial charge in [-0.05, 0) is 12.8 Å². The van der Waals surface area contributed by atoms with Crippen LogP contribution in [0.15, 0.2) is 0 Å². The van der Waals surface area contributed by atoms with E-state index in [1.165, 1.54) is 0 Å². The molecule has 0 rings (SSSR count). The summed E-state index contributed by atoms with van der Waals surface area (Å²) in [6, 6.07) is 0. The van der Waals surface area contributed by atoms with Gasteiger partial charge in [-0.2, -0.15) is 0 Å². The first-order chi connectivity index (χ1) is 5.57. The maximum Gasteiger partial charge on any atom is 0.384 e. The molecule has 0 heterocycles. The second-order valence-corrected chi connectivity index (χ2v) is 2.68. The lowest BCUT2D eigenvalue weighted by atomic mass is 10.1. The molecular formula is C9H14O3. The van der Waals surface area contributed by atoms with Gasteiger partial charge in [0.15, 0.2) is 0 Å². The highest BCUT2D eigenvalue weighted by atomic mass is 16.5. The van der Waals surface area contributed by atoms with Crippen LogP contribution in [0.5, 0.6) is 0 Å². The fourth-order valence-corrected chi connectivity index (χ4v) is 0.467. The van der Waals surface area contributed by atoms with Crippen molar-refractivity contribution < 1.29 is 14.6 Å². The van der Waals surface area contributed by atoms with Crippen LogP contribution in [0.4, 0.5) is 0 Å². The first-order valence-corrected chi connectivity index (χ1v) is 3.94. The highest BCUT2D eigenvalue weighted by Gasteiger charge is 2.04. The van der Waals surface area contributed by atoms with Crippen LogP contribution in [0.2, 0.25) is 0 Å². The second-order valence-electron chi connectivity index (χ2n) is 2.68. The summed E-state index contributed by atoms with van der Waals surface area (Å²) in [5.74, 6) is 4.05. The quantitative estimate of drug-likeness (QED) is 0.374. The Hall–Kier alpha value is -1.01. The van der Waals surface area contributed by atoms with Crippen molar-refractivity contribution in [2.45, 2.75) is 26.9 Å². The van der Waals surface area contributed by atoms with Gasteiger partial charge < -0.3 is 9.84 Å². The molecule has 3 heteroatoms. The maximum atomic E-state index is 10.7. The van der Waals surface area contributed by atoms with Gasteiger partial charge in [0, 0.05) is 5.92 Å². The van der Waals surface area contributed by atoms with Gasteiger partial charge in [0.2, 0.25) is 0 Å². The van der Waals surface area contributed by atoms with Gasteiger partial charge in [-0.15, -0.1) is 0 Å².